The first-order chi connectivity index (χ1) is 15.4. The predicted octanol–water partition coefficient (Wildman–Crippen LogP) is 6.58. The average molecular weight is 473 g/mol. The van der Waals surface area contributed by atoms with Gasteiger partial charge in [-0.15, -0.1) is 11.3 Å². The minimum Gasteiger partial charge on any atom is -0.324 e. The van der Waals surface area contributed by atoms with Crippen LogP contribution in [-0.2, 0) is 11.3 Å². The third-order valence-electron chi connectivity index (χ3n) is 5.38. The molecule has 164 valence electrons. The lowest BCUT2D eigenvalue weighted by molar-refractivity contribution is -0.117. The number of anilines is 1. The molecule has 0 saturated heterocycles. The Labute approximate surface area is 192 Å². The Morgan fingerprint density at radius 3 is 2.69 bits per heavy atom. The number of hydrogen-bond donors (Lipinski definition) is 1. The maximum absolute atomic E-state index is 13.2. The van der Waals surface area contributed by atoms with E-state index in [1.165, 1.54) is 10.2 Å². The molecule has 2 heterocycles. The van der Waals surface area contributed by atoms with Gasteiger partial charge in [-0.05, 0) is 61.7 Å². The summed E-state index contributed by atoms with van der Waals surface area (Å²) >= 11 is 7.74. The van der Waals surface area contributed by atoms with E-state index >= 15 is 0 Å². The van der Waals surface area contributed by atoms with Crippen molar-refractivity contribution in [2.45, 2.75) is 38.7 Å². The summed E-state index contributed by atoms with van der Waals surface area (Å²) in [5, 5.41) is 7.58. The Hall–Kier alpha value is -2.84. The number of rotatable bonds is 6. The van der Waals surface area contributed by atoms with Crippen molar-refractivity contribution in [2.75, 3.05) is 5.32 Å². The van der Waals surface area contributed by atoms with E-state index in [1.54, 1.807) is 23.5 Å². The molecule has 5 rings (SSSR count). The van der Waals surface area contributed by atoms with Gasteiger partial charge in [0.05, 0.1) is 20.9 Å². The normalized spacial score (nSPS) is 13.8. The first-order valence-electron chi connectivity index (χ1n) is 10.2. The molecule has 0 aliphatic heterocycles. The smallest absolute Gasteiger partial charge is 0.283 e. The number of amides is 1. The SMILES string of the molecule is Cc1ccc2nc(-c3ccc(NC(=O)Cn4nc(C(F)F)c(Cl)c4C4CC4)cc3)sc2c1. The summed E-state index contributed by atoms with van der Waals surface area (Å²) in [5.41, 5.74) is 3.78. The van der Waals surface area contributed by atoms with Crippen molar-refractivity contribution in [1.82, 2.24) is 14.8 Å². The van der Waals surface area contributed by atoms with Crippen LogP contribution in [0.5, 0.6) is 0 Å². The average Bonchev–Trinajstić information content (AvgIpc) is 3.41. The topological polar surface area (TPSA) is 59.8 Å². The number of halogens is 3. The summed E-state index contributed by atoms with van der Waals surface area (Å²) in [5.74, 6) is -0.262. The third kappa shape index (κ3) is 4.12. The molecule has 1 aliphatic rings. The highest BCUT2D eigenvalue weighted by atomic mass is 35.5. The van der Waals surface area contributed by atoms with Crippen molar-refractivity contribution in [3.63, 3.8) is 0 Å². The first-order valence-corrected chi connectivity index (χ1v) is 11.4. The van der Waals surface area contributed by atoms with Crippen molar-refractivity contribution < 1.29 is 13.6 Å². The zero-order valence-corrected chi connectivity index (χ0v) is 18.7. The van der Waals surface area contributed by atoms with Gasteiger partial charge in [-0.25, -0.2) is 13.8 Å². The van der Waals surface area contributed by atoms with Gasteiger partial charge in [0, 0.05) is 17.2 Å². The molecule has 0 atom stereocenters. The zero-order valence-electron chi connectivity index (χ0n) is 17.1. The molecule has 1 saturated carbocycles. The number of nitrogens with zero attached hydrogens (tertiary/aromatic N) is 3. The van der Waals surface area contributed by atoms with E-state index in [0.717, 1.165) is 33.6 Å². The Morgan fingerprint density at radius 2 is 2.00 bits per heavy atom. The van der Waals surface area contributed by atoms with Crippen LogP contribution in [0.4, 0.5) is 14.5 Å². The Bertz CT molecular complexity index is 1310. The summed E-state index contributed by atoms with van der Waals surface area (Å²) in [6, 6.07) is 13.6. The molecular formula is C23H19ClF2N4OS. The highest BCUT2D eigenvalue weighted by molar-refractivity contribution is 7.21. The summed E-state index contributed by atoms with van der Waals surface area (Å²) in [4.78, 5) is 17.2. The molecule has 5 nitrogen and oxygen atoms in total. The van der Waals surface area contributed by atoms with Crippen LogP contribution in [0, 0.1) is 6.92 Å². The molecule has 2 aromatic carbocycles. The van der Waals surface area contributed by atoms with Gasteiger partial charge in [-0.3, -0.25) is 9.48 Å². The summed E-state index contributed by atoms with van der Waals surface area (Å²) in [7, 11) is 0. The number of aryl methyl sites for hydroxylation is 1. The van der Waals surface area contributed by atoms with Gasteiger partial charge in [0.15, 0.2) is 0 Å². The second kappa shape index (κ2) is 8.26. The highest BCUT2D eigenvalue weighted by Crippen LogP contribution is 2.45. The molecule has 0 bridgehead atoms. The molecule has 0 radical (unpaired) electrons. The molecule has 32 heavy (non-hydrogen) atoms. The van der Waals surface area contributed by atoms with Crippen molar-refractivity contribution in [1.29, 1.82) is 0 Å². The van der Waals surface area contributed by atoms with Crippen molar-refractivity contribution in [3.05, 3.63) is 64.4 Å². The van der Waals surface area contributed by atoms with Crippen LogP contribution in [0.1, 0.15) is 42.1 Å². The van der Waals surface area contributed by atoms with Crippen molar-refractivity contribution in [3.8, 4) is 10.6 Å². The maximum Gasteiger partial charge on any atom is 0.283 e. The molecule has 1 aliphatic carbocycles. The van der Waals surface area contributed by atoms with E-state index in [0.29, 0.717) is 11.4 Å². The van der Waals surface area contributed by atoms with Gasteiger partial charge in [0.25, 0.3) is 6.43 Å². The van der Waals surface area contributed by atoms with Gasteiger partial charge < -0.3 is 5.32 Å². The minimum atomic E-state index is -2.77. The second-order valence-corrected chi connectivity index (χ2v) is 9.34. The highest BCUT2D eigenvalue weighted by Gasteiger charge is 2.34. The Morgan fingerprint density at radius 1 is 1.25 bits per heavy atom. The molecule has 9 heteroatoms. The fraction of sp³-hybridized carbons (Fsp3) is 0.261. The van der Waals surface area contributed by atoms with Gasteiger partial charge in [0.2, 0.25) is 5.91 Å². The van der Waals surface area contributed by atoms with E-state index in [-0.39, 0.29) is 23.4 Å². The molecule has 1 fully saturated rings. The number of nitrogens with one attached hydrogen (secondary N) is 1. The van der Waals surface area contributed by atoms with Crippen LogP contribution in [0.15, 0.2) is 42.5 Å². The Kier molecular flexibility index (Phi) is 5.43. The molecule has 0 unspecified atom stereocenters. The summed E-state index contributed by atoms with van der Waals surface area (Å²) < 4.78 is 28.8. The fourth-order valence-electron chi connectivity index (χ4n) is 3.67. The number of alkyl halides is 2. The van der Waals surface area contributed by atoms with E-state index in [4.69, 9.17) is 11.6 Å². The van der Waals surface area contributed by atoms with Crippen LogP contribution in [0.2, 0.25) is 5.02 Å². The summed E-state index contributed by atoms with van der Waals surface area (Å²) in [6.45, 7) is 1.88. The first kappa shape index (κ1) is 21.0. The largest absolute Gasteiger partial charge is 0.324 e. The lowest BCUT2D eigenvalue weighted by atomic mass is 10.2. The maximum atomic E-state index is 13.2. The van der Waals surface area contributed by atoms with Crippen LogP contribution < -0.4 is 5.32 Å². The minimum absolute atomic E-state index is 0.0225. The van der Waals surface area contributed by atoms with Gasteiger partial charge in [-0.1, -0.05) is 17.7 Å². The van der Waals surface area contributed by atoms with E-state index in [1.807, 2.05) is 24.3 Å². The van der Waals surface area contributed by atoms with Gasteiger partial charge >= 0.3 is 0 Å². The zero-order chi connectivity index (χ0) is 22.4. The standard InChI is InChI=1S/C23H19ClF2N4OS/c1-12-2-9-16-17(10-12)32-23(28-16)14-5-7-15(8-6-14)27-18(31)11-30-21(13-3-4-13)19(24)20(29-30)22(25)26/h2,5-10,13,22H,3-4,11H2,1H3,(H,27,31). The molecule has 1 amide bonds. The molecule has 1 N–H and O–H groups in total. The molecule has 2 aromatic heterocycles. The second-order valence-electron chi connectivity index (χ2n) is 7.93. The van der Waals surface area contributed by atoms with Gasteiger partial charge in [0.1, 0.15) is 17.2 Å². The number of benzene rings is 2. The van der Waals surface area contributed by atoms with E-state index < -0.39 is 12.1 Å². The lowest BCUT2D eigenvalue weighted by Gasteiger charge is -2.09. The number of aromatic nitrogens is 3. The van der Waals surface area contributed by atoms with Gasteiger partial charge in [-0.2, -0.15) is 5.10 Å². The number of hydrogen-bond acceptors (Lipinski definition) is 4. The monoisotopic (exact) mass is 472 g/mol. The van der Waals surface area contributed by atoms with Crippen LogP contribution in [0.25, 0.3) is 20.8 Å². The number of carbonyl (C=O) groups is 1. The van der Waals surface area contributed by atoms with E-state index in [2.05, 4.69) is 28.4 Å². The van der Waals surface area contributed by atoms with Crippen LogP contribution >= 0.6 is 22.9 Å². The third-order valence-corrected chi connectivity index (χ3v) is 6.83. The predicted molar refractivity (Wildman–Crippen MR) is 123 cm³/mol. The van der Waals surface area contributed by atoms with Crippen LogP contribution in [0.3, 0.4) is 0 Å². The van der Waals surface area contributed by atoms with E-state index in [9.17, 15) is 13.6 Å². The number of fused-ring (bicyclic) bond motifs is 1. The molecule has 4 aromatic rings. The molecule has 0 spiro atoms. The summed E-state index contributed by atoms with van der Waals surface area (Å²) in [6.07, 6.45) is -1.05. The lowest BCUT2D eigenvalue weighted by Crippen LogP contribution is -2.21. The fourth-order valence-corrected chi connectivity index (χ4v) is 5.11. The molecular weight excluding hydrogens is 454 g/mol. The number of thiazole rings is 1. The Balaban J connectivity index is 1.30. The quantitative estimate of drug-likeness (QED) is 0.345. The van der Waals surface area contributed by atoms with Crippen molar-refractivity contribution >= 4 is 44.7 Å². The van der Waals surface area contributed by atoms with Crippen molar-refractivity contribution in [2.24, 2.45) is 0 Å². The van der Waals surface area contributed by atoms with Crippen LogP contribution in [-0.4, -0.2) is 20.7 Å². The number of carbonyl (C=O) groups excluding carboxylic acids is 1.